The predicted molar refractivity (Wildman–Crippen MR) is 74.2 cm³/mol. The third kappa shape index (κ3) is 3.37. The molecule has 0 fully saturated rings. The van der Waals surface area contributed by atoms with Crippen LogP contribution in [0.25, 0.3) is 0 Å². The van der Waals surface area contributed by atoms with Crippen molar-refractivity contribution in [1.82, 2.24) is 9.97 Å². The van der Waals surface area contributed by atoms with Gasteiger partial charge in [0.15, 0.2) is 0 Å². The molecule has 0 aliphatic rings. The molecule has 0 amide bonds. The van der Waals surface area contributed by atoms with Crippen molar-refractivity contribution in [2.45, 2.75) is 13.3 Å². The first-order valence-electron chi connectivity index (χ1n) is 5.95. The van der Waals surface area contributed by atoms with Gasteiger partial charge >= 0.3 is 0 Å². The van der Waals surface area contributed by atoms with E-state index in [1.165, 1.54) is 13.2 Å². The molecule has 102 valence electrons. The molecule has 5 nitrogen and oxygen atoms in total. The van der Waals surface area contributed by atoms with Crippen LogP contribution in [0.1, 0.15) is 18.3 Å². The zero-order valence-electron chi connectivity index (χ0n) is 11.1. The normalized spacial score (nSPS) is 9.90. The van der Waals surface area contributed by atoms with Crippen molar-refractivity contribution in [2.24, 2.45) is 0 Å². The molecule has 0 aliphatic heterocycles. The van der Waals surface area contributed by atoms with E-state index in [0.717, 1.165) is 0 Å². The number of aromatic nitrogens is 2. The fourth-order valence-corrected chi connectivity index (χ4v) is 1.78. The molecular formula is C14H12ClN3O2. The molecule has 0 unspecified atom stereocenters. The number of hydrogen-bond acceptors (Lipinski definition) is 5. The van der Waals surface area contributed by atoms with Gasteiger partial charge < -0.3 is 9.47 Å². The van der Waals surface area contributed by atoms with Crippen molar-refractivity contribution in [2.75, 3.05) is 7.11 Å². The van der Waals surface area contributed by atoms with E-state index in [2.05, 4.69) is 9.97 Å². The van der Waals surface area contributed by atoms with Crippen LogP contribution in [-0.2, 0) is 6.42 Å². The minimum absolute atomic E-state index is 0.315. The third-order valence-corrected chi connectivity index (χ3v) is 2.69. The van der Waals surface area contributed by atoms with E-state index in [-0.39, 0.29) is 0 Å². The molecule has 0 bridgehead atoms. The number of nitriles is 1. The molecule has 2 rings (SSSR count). The van der Waals surface area contributed by atoms with Gasteiger partial charge in [-0.05, 0) is 12.1 Å². The fourth-order valence-electron chi connectivity index (χ4n) is 1.59. The molecule has 1 aromatic heterocycles. The van der Waals surface area contributed by atoms with Gasteiger partial charge in [-0.1, -0.05) is 18.5 Å². The van der Waals surface area contributed by atoms with Crippen LogP contribution >= 0.6 is 11.6 Å². The second-order valence-corrected chi connectivity index (χ2v) is 4.30. The topological polar surface area (TPSA) is 68.0 Å². The number of nitrogens with zero attached hydrogens (tertiary/aromatic N) is 3. The Morgan fingerprint density at radius 3 is 2.60 bits per heavy atom. The molecular weight excluding hydrogens is 278 g/mol. The van der Waals surface area contributed by atoms with E-state index in [4.69, 9.17) is 26.3 Å². The van der Waals surface area contributed by atoms with Crippen LogP contribution in [0.5, 0.6) is 17.4 Å². The Morgan fingerprint density at radius 1 is 1.20 bits per heavy atom. The second kappa shape index (κ2) is 6.22. The number of rotatable bonds is 4. The first kappa shape index (κ1) is 14.1. The van der Waals surface area contributed by atoms with Crippen LogP contribution in [0.2, 0.25) is 5.15 Å². The summed E-state index contributed by atoms with van der Waals surface area (Å²) in [6, 6.07) is 8.46. The standard InChI is InChI=1S/C14H12ClN3O2/c1-3-13-17-12(15)7-14(18-13)20-11-5-9(8-16)4-10(6-11)19-2/h4-7H,3H2,1-2H3. The molecule has 0 saturated carbocycles. The Kier molecular flexibility index (Phi) is 4.38. The zero-order chi connectivity index (χ0) is 14.5. The molecule has 1 heterocycles. The summed E-state index contributed by atoms with van der Waals surface area (Å²) in [6.45, 7) is 1.93. The van der Waals surface area contributed by atoms with Gasteiger partial charge in [-0.25, -0.2) is 4.98 Å². The third-order valence-electron chi connectivity index (χ3n) is 2.50. The van der Waals surface area contributed by atoms with Gasteiger partial charge in [0.05, 0.1) is 18.7 Å². The van der Waals surface area contributed by atoms with Crippen LogP contribution < -0.4 is 9.47 Å². The van der Waals surface area contributed by atoms with Gasteiger partial charge in [0.1, 0.15) is 22.5 Å². The van der Waals surface area contributed by atoms with Crippen molar-refractivity contribution in [3.63, 3.8) is 0 Å². The molecule has 2 aromatic rings. The Balaban J connectivity index is 2.34. The number of benzene rings is 1. The number of methoxy groups -OCH3 is 1. The van der Waals surface area contributed by atoms with Crippen molar-refractivity contribution in [3.8, 4) is 23.4 Å². The maximum Gasteiger partial charge on any atom is 0.224 e. The first-order chi connectivity index (χ1) is 9.64. The average Bonchev–Trinajstić information content (AvgIpc) is 2.46. The summed E-state index contributed by atoms with van der Waals surface area (Å²) >= 11 is 5.90. The zero-order valence-corrected chi connectivity index (χ0v) is 11.8. The van der Waals surface area contributed by atoms with Gasteiger partial charge in [0.2, 0.25) is 5.88 Å². The minimum Gasteiger partial charge on any atom is -0.497 e. The average molecular weight is 290 g/mol. The highest BCUT2D eigenvalue weighted by atomic mass is 35.5. The summed E-state index contributed by atoms with van der Waals surface area (Å²) in [5, 5.41) is 9.28. The van der Waals surface area contributed by atoms with Crippen molar-refractivity contribution in [3.05, 3.63) is 40.8 Å². The highest BCUT2D eigenvalue weighted by Gasteiger charge is 2.07. The summed E-state index contributed by atoms with van der Waals surface area (Å²) in [4.78, 5) is 8.28. The van der Waals surface area contributed by atoms with E-state index in [1.807, 2.05) is 13.0 Å². The molecule has 0 spiro atoms. The maximum atomic E-state index is 8.97. The summed E-state index contributed by atoms with van der Waals surface area (Å²) in [5.41, 5.74) is 0.440. The SMILES string of the molecule is CCc1nc(Cl)cc(Oc2cc(C#N)cc(OC)c2)n1. The van der Waals surface area contributed by atoms with E-state index >= 15 is 0 Å². The Bertz CT molecular complexity index is 668. The lowest BCUT2D eigenvalue weighted by atomic mass is 10.2. The van der Waals surface area contributed by atoms with E-state index in [1.54, 1.807) is 18.2 Å². The summed E-state index contributed by atoms with van der Waals surface area (Å²) in [7, 11) is 1.52. The molecule has 20 heavy (non-hydrogen) atoms. The van der Waals surface area contributed by atoms with Crippen LogP contribution in [0.3, 0.4) is 0 Å². The molecule has 0 aliphatic carbocycles. The Labute approximate surface area is 121 Å². The smallest absolute Gasteiger partial charge is 0.224 e. The first-order valence-corrected chi connectivity index (χ1v) is 6.33. The van der Waals surface area contributed by atoms with Crippen molar-refractivity contribution in [1.29, 1.82) is 5.26 Å². The van der Waals surface area contributed by atoms with Crippen LogP contribution in [-0.4, -0.2) is 17.1 Å². The number of aryl methyl sites for hydroxylation is 1. The second-order valence-electron chi connectivity index (χ2n) is 3.91. The van der Waals surface area contributed by atoms with Gasteiger partial charge in [-0.2, -0.15) is 10.2 Å². The highest BCUT2D eigenvalue weighted by Crippen LogP contribution is 2.27. The van der Waals surface area contributed by atoms with Gasteiger partial charge in [0, 0.05) is 18.6 Å². The Morgan fingerprint density at radius 2 is 1.95 bits per heavy atom. The van der Waals surface area contributed by atoms with Gasteiger partial charge in [0.25, 0.3) is 0 Å². The van der Waals surface area contributed by atoms with Crippen molar-refractivity contribution >= 4 is 11.6 Å². The van der Waals surface area contributed by atoms with E-state index in [9.17, 15) is 0 Å². The number of hydrogen-bond donors (Lipinski definition) is 0. The van der Waals surface area contributed by atoms with E-state index < -0.39 is 0 Å². The van der Waals surface area contributed by atoms with Gasteiger partial charge in [-0.3, -0.25) is 0 Å². The molecule has 0 atom stereocenters. The predicted octanol–water partition coefficient (Wildman–Crippen LogP) is 3.36. The molecule has 1 aromatic carbocycles. The lowest BCUT2D eigenvalue weighted by molar-refractivity contribution is 0.407. The number of halogens is 1. The van der Waals surface area contributed by atoms with Crippen LogP contribution in [0.4, 0.5) is 0 Å². The van der Waals surface area contributed by atoms with Crippen LogP contribution in [0.15, 0.2) is 24.3 Å². The summed E-state index contributed by atoms with van der Waals surface area (Å²) in [5.74, 6) is 1.92. The van der Waals surface area contributed by atoms with Crippen molar-refractivity contribution < 1.29 is 9.47 Å². The lowest BCUT2D eigenvalue weighted by Gasteiger charge is -2.08. The summed E-state index contributed by atoms with van der Waals surface area (Å²) in [6.07, 6.45) is 0.651. The van der Waals surface area contributed by atoms with Gasteiger partial charge in [-0.15, -0.1) is 0 Å². The lowest BCUT2D eigenvalue weighted by Crippen LogP contribution is -1.97. The summed E-state index contributed by atoms with van der Waals surface area (Å²) < 4.78 is 10.7. The quantitative estimate of drug-likeness (QED) is 0.807. The molecule has 6 heteroatoms. The largest absolute Gasteiger partial charge is 0.497 e. The van der Waals surface area contributed by atoms with Crippen LogP contribution in [0, 0.1) is 11.3 Å². The minimum atomic E-state index is 0.315. The maximum absolute atomic E-state index is 8.97. The van der Waals surface area contributed by atoms with E-state index in [0.29, 0.717) is 40.3 Å². The highest BCUT2D eigenvalue weighted by molar-refractivity contribution is 6.29. The number of ether oxygens (including phenoxy) is 2. The Hall–Kier alpha value is -2.32. The monoisotopic (exact) mass is 289 g/mol. The fraction of sp³-hybridized carbons (Fsp3) is 0.214. The molecule has 0 saturated heterocycles. The molecule has 0 N–H and O–H groups in total. The molecule has 0 radical (unpaired) electrons.